The lowest BCUT2D eigenvalue weighted by atomic mass is 9.95. The standard InChI is InChI=1S/C21H27NO2.C19H23NO3.C18H22N2O.C17H20N2O/c1-14(2)18-10-11-21(24-5)19(13-18)17-8-6-16(7-9-17)12-20(22-4)15(3)23;1-13(21)18(20-2)11-14-5-7-15(8-6-14)17-10-9-16(22-3)12-19(17)23-4;1-4-15-7-5-6-8-16(15)17-10-9-14(12-20-17)11-18(19-3)13(2)21;1-12-6-4-5-7-15(12)16-9-8-14(11-19-16)10-17(18-3)13(2)20/h6-11,13-14,20,22H,12H2,1-5H3;5-10,12,18,20H,11H2,1-4H3;5-10,12,18-19H,4,11H2,1-3H3;4-9,11,17-18H,10H2,1-3H3/t20-;2*18-;17-/m0000/s1. The number of nitrogens with one attached hydrogen (secondary N) is 4. The van der Waals surface area contributed by atoms with Crippen LogP contribution in [-0.4, -0.2) is 107 Å². The molecule has 4 atom stereocenters. The Hall–Kier alpha value is -8.46. The molecular weight excluding hydrogens is 1100 g/mol. The van der Waals surface area contributed by atoms with E-state index in [2.05, 4.69) is 132 Å². The number of carbonyl (C=O) groups excluding carboxylic acids is 4. The van der Waals surface area contributed by atoms with Gasteiger partial charge in [-0.3, -0.25) is 29.1 Å². The van der Waals surface area contributed by atoms with Gasteiger partial charge in [0.1, 0.15) is 40.4 Å². The second-order valence-electron chi connectivity index (χ2n) is 22.1. The van der Waals surface area contributed by atoms with Crippen LogP contribution in [0.4, 0.5) is 0 Å². The number of likely N-dealkylation sites (N-methyl/N-ethyl adjacent to an activating group) is 4. The second-order valence-corrected chi connectivity index (χ2v) is 22.1. The third-order valence-electron chi connectivity index (χ3n) is 15.7. The van der Waals surface area contributed by atoms with Gasteiger partial charge in [0.15, 0.2) is 0 Å². The lowest BCUT2D eigenvalue weighted by molar-refractivity contribution is -0.119. The smallest absolute Gasteiger partial charge is 0.147 e. The fraction of sp³-hybridized carbons (Fsp3) is 0.333. The van der Waals surface area contributed by atoms with Crippen molar-refractivity contribution in [3.8, 4) is 62.0 Å². The van der Waals surface area contributed by atoms with E-state index in [-0.39, 0.29) is 47.3 Å². The highest BCUT2D eigenvalue weighted by Gasteiger charge is 2.18. The van der Waals surface area contributed by atoms with Gasteiger partial charge in [-0.2, -0.15) is 0 Å². The molecule has 0 aliphatic carbocycles. The SMILES string of the molecule is CCc1ccccc1-c1ccc(C[C@H](NC)C(C)=O)cn1.CN[C@@H](Cc1ccc(-c2cc(C(C)C)ccc2OC)cc1)C(C)=O.CN[C@@H](Cc1ccc(-c2ccc(OC)cc2OC)cc1)C(C)=O.CN[C@@H](Cc1ccc(-c2ccccc2C)nc1)C(C)=O. The lowest BCUT2D eigenvalue weighted by Gasteiger charge is -2.15. The summed E-state index contributed by atoms with van der Waals surface area (Å²) in [7, 11) is 12.2. The zero-order valence-electron chi connectivity index (χ0n) is 54.3. The number of Topliss-reactive ketones (excluding diaryl/α,β-unsaturated/α-hetero) is 4. The Morgan fingerprint density at radius 1 is 0.432 bits per heavy atom. The third-order valence-corrected chi connectivity index (χ3v) is 15.7. The predicted octanol–water partition coefficient (Wildman–Crippen LogP) is 13.1. The Bertz CT molecular complexity index is 3470. The van der Waals surface area contributed by atoms with Crippen LogP contribution in [0.15, 0.2) is 170 Å². The van der Waals surface area contributed by atoms with Crippen molar-refractivity contribution in [2.45, 2.75) is 118 Å². The fourth-order valence-corrected chi connectivity index (χ4v) is 10.1. The maximum atomic E-state index is 11.6. The summed E-state index contributed by atoms with van der Waals surface area (Å²) in [4.78, 5) is 55.1. The molecule has 2 aromatic heterocycles. The van der Waals surface area contributed by atoms with Crippen LogP contribution in [0, 0.1) is 6.92 Å². The highest BCUT2D eigenvalue weighted by Crippen LogP contribution is 2.35. The van der Waals surface area contributed by atoms with E-state index in [9.17, 15) is 19.2 Å². The molecule has 13 heteroatoms. The van der Waals surface area contributed by atoms with E-state index in [4.69, 9.17) is 14.2 Å². The minimum atomic E-state index is -0.142. The molecule has 13 nitrogen and oxygen atoms in total. The van der Waals surface area contributed by atoms with Crippen molar-refractivity contribution in [1.29, 1.82) is 0 Å². The minimum absolute atomic E-state index is 0.130. The zero-order chi connectivity index (χ0) is 64.3. The van der Waals surface area contributed by atoms with Gasteiger partial charge in [-0.15, -0.1) is 0 Å². The number of pyridine rings is 2. The van der Waals surface area contributed by atoms with E-state index in [0.29, 0.717) is 31.6 Å². The summed E-state index contributed by atoms with van der Waals surface area (Å²) in [6, 6.07) is 52.8. The van der Waals surface area contributed by atoms with Gasteiger partial charge in [0.25, 0.3) is 0 Å². The van der Waals surface area contributed by atoms with E-state index >= 15 is 0 Å². The molecule has 0 amide bonds. The molecule has 8 rings (SSSR count). The van der Waals surface area contributed by atoms with Crippen molar-refractivity contribution in [1.82, 2.24) is 31.2 Å². The van der Waals surface area contributed by atoms with Gasteiger partial charge in [-0.05, 0) is 187 Å². The average Bonchev–Trinajstić information content (AvgIpc) is 3.55. The number of ether oxygens (including phenoxy) is 3. The van der Waals surface area contributed by atoms with Crippen LogP contribution in [0.2, 0.25) is 0 Å². The van der Waals surface area contributed by atoms with Crippen LogP contribution >= 0.6 is 0 Å². The van der Waals surface area contributed by atoms with Crippen molar-refractivity contribution in [2.75, 3.05) is 49.5 Å². The normalized spacial score (nSPS) is 12.1. The van der Waals surface area contributed by atoms with Crippen molar-refractivity contribution >= 4 is 23.1 Å². The molecule has 0 radical (unpaired) electrons. The fourth-order valence-electron chi connectivity index (χ4n) is 10.1. The van der Waals surface area contributed by atoms with E-state index < -0.39 is 0 Å². The largest absolute Gasteiger partial charge is 0.497 e. The number of carbonyl (C=O) groups is 4. The summed E-state index contributed by atoms with van der Waals surface area (Å²) in [6.07, 6.45) is 7.46. The van der Waals surface area contributed by atoms with E-state index in [0.717, 1.165) is 85.1 Å². The first-order valence-corrected chi connectivity index (χ1v) is 30.2. The minimum Gasteiger partial charge on any atom is -0.497 e. The van der Waals surface area contributed by atoms with E-state index in [1.165, 1.54) is 22.3 Å². The van der Waals surface area contributed by atoms with Crippen molar-refractivity contribution < 1.29 is 33.4 Å². The van der Waals surface area contributed by atoms with Gasteiger partial charge < -0.3 is 35.5 Å². The first-order chi connectivity index (χ1) is 42.3. The van der Waals surface area contributed by atoms with Crippen LogP contribution in [0.3, 0.4) is 0 Å². The average molecular weight is 1190 g/mol. The maximum Gasteiger partial charge on any atom is 0.147 e. The molecule has 0 unspecified atom stereocenters. The molecule has 0 saturated carbocycles. The molecule has 0 bridgehead atoms. The van der Waals surface area contributed by atoms with Crippen LogP contribution in [0.5, 0.6) is 17.2 Å². The van der Waals surface area contributed by atoms with Gasteiger partial charge >= 0.3 is 0 Å². The maximum absolute atomic E-state index is 11.6. The molecule has 0 aliphatic heterocycles. The molecule has 88 heavy (non-hydrogen) atoms. The Labute approximate surface area is 523 Å². The molecule has 0 aliphatic rings. The Morgan fingerprint density at radius 2 is 0.852 bits per heavy atom. The number of nitrogens with zero attached hydrogens (tertiary/aromatic N) is 2. The highest BCUT2D eigenvalue weighted by atomic mass is 16.5. The van der Waals surface area contributed by atoms with Gasteiger partial charge in [0.05, 0.1) is 56.9 Å². The van der Waals surface area contributed by atoms with Crippen LogP contribution in [-0.2, 0) is 51.3 Å². The molecule has 464 valence electrons. The summed E-state index contributed by atoms with van der Waals surface area (Å²) < 4.78 is 16.2. The van der Waals surface area contributed by atoms with Gasteiger partial charge in [-0.25, -0.2) is 0 Å². The van der Waals surface area contributed by atoms with Crippen molar-refractivity contribution in [3.05, 3.63) is 209 Å². The number of aryl methyl sites for hydroxylation is 2. The number of hydrogen-bond acceptors (Lipinski definition) is 13. The lowest BCUT2D eigenvalue weighted by Crippen LogP contribution is -2.34. The quantitative estimate of drug-likeness (QED) is 0.0427. The molecule has 4 N–H and O–H groups in total. The first-order valence-electron chi connectivity index (χ1n) is 30.2. The number of rotatable bonds is 25. The summed E-state index contributed by atoms with van der Waals surface area (Å²) in [6.45, 7) is 15.1. The topological polar surface area (TPSA) is 170 Å². The second kappa shape index (κ2) is 36.0. The number of hydrogen-bond donors (Lipinski definition) is 4. The summed E-state index contributed by atoms with van der Waals surface area (Å²) in [5.41, 5.74) is 16.8. The number of aromatic nitrogens is 2. The molecular formula is C75H92N6O7. The number of ketones is 4. The molecule has 0 saturated heterocycles. The first kappa shape index (κ1) is 70.3. The monoisotopic (exact) mass is 1190 g/mol. The van der Waals surface area contributed by atoms with Gasteiger partial charge in [0, 0.05) is 40.7 Å². The summed E-state index contributed by atoms with van der Waals surface area (Å²) >= 11 is 0. The van der Waals surface area contributed by atoms with Crippen LogP contribution < -0.4 is 35.5 Å². The van der Waals surface area contributed by atoms with Crippen LogP contribution in [0.1, 0.15) is 93.3 Å². The van der Waals surface area contributed by atoms with E-state index in [1.54, 1.807) is 56.1 Å². The molecule has 0 fully saturated rings. The Kier molecular flexibility index (Phi) is 28.8. The van der Waals surface area contributed by atoms with E-state index in [1.807, 2.05) is 118 Å². The highest BCUT2D eigenvalue weighted by molar-refractivity contribution is 5.83. The number of methoxy groups -OCH3 is 3. The van der Waals surface area contributed by atoms with Crippen LogP contribution in [0.25, 0.3) is 44.8 Å². The summed E-state index contributed by atoms with van der Waals surface area (Å²) in [5, 5.41) is 12.2. The Balaban J connectivity index is 0.000000214. The number of benzene rings is 6. The Morgan fingerprint density at radius 3 is 1.25 bits per heavy atom. The molecule has 6 aromatic carbocycles. The summed E-state index contributed by atoms with van der Waals surface area (Å²) in [5.74, 6) is 3.49. The molecule has 8 aromatic rings. The van der Waals surface area contributed by atoms with Crippen molar-refractivity contribution in [2.24, 2.45) is 0 Å². The van der Waals surface area contributed by atoms with Crippen molar-refractivity contribution in [3.63, 3.8) is 0 Å². The predicted molar refractivity (Wildman–Crippen MR) is 360 cm³/mol. The molecule has 0 spiro atoms. The third kappa shape index (κ3) is 20.9. The van der Waals surface area contributed by atoms with Gasteiger partial charge in [0.2, 0.25) is 0 Å². The van der Waals surface area contributed by atoms with Gasteiger partial charge in [-0.1, -0.05) is 136 Å². The molecule has 2 heterocycles. The zero-order valence-corrected chi connectivity index (χ0v) is 54.3.